The van der Waals surface area contributed by atoms with Crippen molar-refractivity contribution in [1.29, 1.82) is 0 Å². The first kappa shape index (κ1) is 14.4. The number of rotatable bonds is 3. The molecular weight excluding hydrogens is 256 g/mol. The molecule has 5 nitrogen and oxygen atoms in total. The van der Waals surface area contributed by atoms with Crippen molar-refractivity contribution in [3.8, 4) is 5.75 Å². The summed E-state index contributed by atoms with van der Waals surface area (Å²) in [6, 6.07) is 7.06. The van der Waals surface area contributed by atoms with Crippen LogP contribution in [0.4, 0.5) is 0 Å². The third-order valence-electron chi connectivity index (χ3n) is 3.73. The minimum Gasteiger partial charge on any atom is -0.496 e. The van der Waals surface area contributed by atoms with Crippen molar-refractivity contribution in [2.75, 3.05) is 27.2 Å². The monoisotopic (exact) mass is 276 g/mol. The van der Waals surface area contributed by atoms with E-state index >= 15 is 0 Å². The first-order valence-electron chi connectivity index (χ1n) is 6.71. The van der Waals surface area contributed by atoms with Crippen molar-refractivity contribution in [2.45, 2.75) is 19.4 Å². The molecule has 1 atom stereocenters. The third kappa shape index (κ3) is 2.76. The van der Waals surface area contributed by atoms with Crippen molar-refractivity contribution in [1.82, 2.24) is 9.80 Å². The van der Waals surface area contributed by atoms with Crippen molar-refractivity contribution in [2.24, 2.45) is 0 Å². The van der Waals surface area contributed by atoms with Gasteiger partial charge in [0.15, 0.2) is 0 Å². The molecule has 0 bridgehead atoms. The lowest BCUT2D eigenvalue weighted by Gasteiger charge is -2.37. The van der Waals surface area contributed by atoms with E-state index in [4.69, 9.17) is 4.74 Å². The quantitative estimate of drug-likeness (QED) is 0.825. The molecule has 0 N–H and O–H groups in total. The Bertz CT molecular complexity index is 516. The predicted molar refractivity (Wildman–Crippen MR) is 75.5 cm³/mol. The van der Waals surface area contributed by atoms with Crippen LogP contribution in [0.1, 0.15) is 12.5 Å². The Morgan fingerprint density at radius 1 is 1.35 bits per heavy atom. The van der Waals surface area contributed by atoms with Gasteiger partial charge in [0.05, 0.1) is 13.5 Å². The van der Waals surface area contributed by atoms with E-state index < -0.39 is 6.04 Å². The number of likely N-dealkylation sites (N-methyl/N-ethyl adjacent to an activating group) is 1. The van der Waals surface area contributed by atoms with Crippen molar-refractivity contribution in [3.05, 3.63) is 29.8 Å². The van der Waals surface area contributed by atoms with Crippen molar-refractivity contribution < 1.29 is 14.3 Å². The van der Waals surface area contributed by atoms with Gasteiger partial charge in [0, 0.05) is 25.7 Å². The van der Waals surface area contributed by atoms with Crippen LogP contribution < -0.4 is 4.74 Å². The third-order valence-corrected chi connectivity index (χ3v) is 3.73. The topological polar surface area (TPSA) is 49.9 Å². The molecule has 1 heterocycles. The molecule has 0 spiro atoms. The van der Waals surface area contributed by atoms with Gasteiger partial charge in [0.25, 0.3) is 0 Å². The molecule has 108 valence electrons. The summed E-state index contributed by atoms with van der Waals surface area (Å²) >= 11 is 0. The van der Waals surface area contributed by atoms with Crippen LogP contribution >= 0.6 is 0 Å². The average molecular weight is 276 g/mol. The van der Waals surface area contributed by atoms with E-state index in [9.17, 15) is 9.59 Å². The summed E-state index contributed by atoms with van der Waals surface area (Å²) in [5.41, 5.74) is 0.846. The van der Waals surface area contributed by atoms with E-state index in [1.54, 1.807) is 30.9 Å². The molecule has 20 heavy (non-hydrogen) atoms. The molecule has 1 aromatic rings. The number of methoxy groups -OCH3 is 1. The van der Waals surface area contributed by atoms with E-state index in [0.717, 1.165) is 5.56 Å². The van der Waals surface area contributed by atoms with Gasteiger partial charge in [-0.25, -0.2) is 0 Å². The van der Waals surface area contributed by atoms with E-state index in [-0.39, 0.29) is 18.2 Å². The number of hydrogen-bond acceptors (Lipinski definition) is 3. The zero-order chi connectivity index (χ0) is 14.7. The number of ether oxygens (including phenoxy) is 1. The molecule has 1 aliphatic rings. The van der Waals surface area contributed by atoms with Gasteiger partial charge in [0.2, 0.25) is 11.8 Å². The number of benzene rings is 1. The van der Waals surface area contributed by atoms with E-state index in [0.29, 0.717) is 18.8 Å². The van der Waals surface area contributed by atoms with E-state index in [2.05, 4.69) is 0 Å². The first-order valence-corrected chi connectivity index (χ1v) is 6.71. The Balaban J connectivity index is 2.10. The Morgan fingerprint density at radius 2 is 2.05 bits per heavy atom. The smallest absolute Gasteiger partial charge is 0.244 e. The fraction of sp³-hybridized carbons (Fsp3) is 0.467. The fourth-order valence-corrected chi connectivity index (χ4v) is 2.47. The van der Waals surface area contributed by atoms with Gasteiger partial charge in [-0.15, -0.1) is 0 Å². The fourth-order valence-electron chi connectivity index (χ4n) is 2.47. The molecule has 0 aromatic heterocycles. The summed E-state index contributed by atoms with van der Waals surface area (Å²) in [5, 5.41) is 0. The van der Waals surface area contributed by atoms with Crippen LogP contribution in [0.15, 0.2) is 24.3 Å². The van der Waals surface area contributed by atoms with Crippen LogP contribution in [0.25, 0.3) is 0 Å². The highest BCUT2D eigenvalue weighted by Gasteiger charge is 2.32. The minimum atomic E-state index is -0.393. The molecule has 2 rings (SSSR count). The van der Waals surface area contributed by atoms with Gasteiger partial charge >= 0.3 is 0 Å². The van der Waals surface area contributed by atoms with Crippen LogP contribution in [-0.4, -0.2) is 54.9 Å². The molecule has 1 aliphatic heterocycles. The maximum atomic E-state index is 12.4. The largest absolute Gasteiger partial charge is 0.496 e. The van der Waals surface area contributed by atoms with E-state index in [1.165, 1.54) is 0 Å². The average Bonchev–Trinajstić information content (AvgIpc) is 2.45. The van der Waals surface area contributed by atoms with Gasteiger partial charge < -0.3 is 14.5 Å². The molecule has 1 saturated heterocycles. The number of hydrogen-bond donors (Lipinski definition) is 0. The molecule has 0 radical (unpaired) electrons. The van der Waals surface area contributed by atoms with E-state index in [1.807, 2.05) is 24.3 Å². The summed E-state index contributed by atoms with van der Waals surface area (Å²) in [6.45, 7) is 2.94. The minimum absolute atomic E-state index is 0.00960. The summed E-state index contributed by atoms with van der Waals surface area (Å²) in [6.07, 6.45) is 0.255. The lowest BCUT2D eigenvalue weighted by atomic mass is 10.1. The molecule has 1 unspecified atom stereocenters. The highest BCUT2D eigenvalue weighted by Crippen LogP contribution is 2.20. The number of carbonyl (C=O) groups is 2. The number of nitrogens with zero attached hydrogens (tertiary/aromatic N) is 2. The number of carbonyl (C=O) groups excluding carboxylic acids is 2. The maximum Gasteiger partial charge on any atom is 0.244 e. The first-order chi connectivity index (χ1) is 9.54. The predicted octanol–water partition coefficient (Wildman–Crippen LogP) is 0.927. The van der Waals surface area contributed by atoms with Gasteiger partial charge in [0.1, 0.15) is 11.8 Å². The van der Waals surface area contributed by atoms with Gasteiger partial charge in [-0.1, -0.05) is 18.2 Å². The Hall–Kier alpha value is -2.04. The second kappa shape index (κ2) is 5.94. The molecule has 0 saturated carbocycles. The van der Waals surface area contributed by atoms with Crippen LogP contribution in [0.3, 0.4) is 0 Å². The zero-order valence-corrected chi connectivity index (χ0v) is 12.1. The number of amides is 2. The van der Waals surface area contributed by atoms with Crippen molar-refractivity contribution >= 4 is 11.8 Å². The van der Waals surface area contributed by atoms with Gasteiger partial charge in [-0.05, 0) is 13.0 Å². The lowest BCUT2D eigenvalue weighted by Crippen LogP contribution is -2.56. The van der Waals surface area contributed by atoms with Crippen LogP contribution in [0.2, 0.25) is 0 Å². The maximum absolute atomic E-state index is 12.4. The number of piperazine rings is 1. The summed E-state index contributed by atoms with van der Waals surface area (Å²) in [4.78, 5) is 27.6. The summed E-state index contributed by atoms with van der Waals surface area (Å²) in [5.74, 6) is 0.655. The summed E-state index contributed by atoms with van der Waals surface area (Å²) < 4.78 is 5.25. The van der Waals surface area contributed by atoms with Gasteiger partial charge in [-0.3, -0.25) is 9.59 Å². The Kier molecular flexibility index (Phi) is 4.27. The van der Waals surface area contributed by atoms with Crippen LogP contribution in [0.5, 0.6) is 5.75 Å². The van der Waals surface area contributed by atoms with Crippen LogP contribution in [-0.2, 0) is 16.0 Å². The Labute approximate surface area is 119 Å². The highest BCUT2D eigenvalue weighted by molar-refractivity contribution is 5.89. The normalized spacial score (nSPS) is 19.1. The van der Waals surface area contributed by atoms with Gasteiger partial charge in [-0.2, -0.15) is 0 Å². The summed E-state index contributed by atoms with van der Waals surface area (Å²) in [7, 11) is 3.35. The molecule has 2 amide bonds. The molecular formula is C15H20N2O3. The molecule has 5 heteroatoms. The standard InChI is InChI=1S/C15H20N2O3/c1-11-15(19)16(2)8-9-17(11)14(18)10-12-6-4-5-7-13(12)20-3/h4-7,11H,8-10H2,1-3H3. The zero-order valence-electron chi connectivity index (χ0n) is 12.1. The molecule has 1 aromatic carbocycles. The van der Waals surface area contributed by atoms with Crippen molar-refractivity contribution in [3.63, 3.8) is 0 Å². The lowest BCUT2D eigenvalue weighted by molar-refractivity contribution is -0.149. The second-order valence-electron chi connectivity index (χ2n) is 5.01. The number of para-hydroxylation sites is 1. The molecule has 0 aliphatic carbocycles. The second-order valence-corrected chi connectivity index (χ2v) is 5.01. The SMILES string of the molecule is COc1ccccc1CC(=O)N1CCN(C)C(=O)C1C. The Morgan fingerprint density at radius 3 is 2.75 bits per heavy atom. The van der Waals surface area contributed by atoms with Crippen LogP contribution in [0, 0.1) is 0 Å². The highest BCUT2D eigenvalue weighted by atomic mass is 16.5. The molecule has 1 fully saturated rings.